The highest BCUT2D eigenvalue weighted by atomic mass is 19.1. The van der Waals surface area contributed by atoms with Crippen molar-refractivity contribution < 1.29 is 58.3 Å². The van der Waals surface area contributed by atoms with Gasteiger partial charge in [0.1, 0.15) is 6.54 Å². The zero-order valence-corrected chi connectivity index (χ0v) is 23.2. The van der Waals surface area contributed by atoms with E-state index in [4.69, 9.17) is 9.47 Å². The van der Waals surface area contributed by atoms with E-state index in [1.54, 1.807) is 6.92 Å². The molecule has 0 aromatic carbocycles. The number of alkyl carbamates (subject to hydrolysis) is 1. The van der Waals surface area contributed by atoms with Crippen molar-refractivity contribution in [3.05, 3.63) is 33.9 Å². The number of carbonyl (C=O) groups excluding carboxylic acids is 4. The Kier molecular flexibility index (Phi) is 8.50. The van der Waals surface area contributed by atoms with Gasteiger partial charge in [0, 0.05) is 23.2 Å². The van der Waals surface area contributed by atoms with E-state index in [1.807, 2.05) is 0 Å². The third-order valence-corrected chi connectivity index (χ3v) is 9.75. The summed E-state index contributed by atoms with van der Waals surface area (Å²) in [5, 5.41) is 45.1. The van der Waals surface area contributed by atoms with Gasteiger partial charge >= 0.3 is 12.1 Å². The van der Waals surface area contributed by atoms with Gasteiger partial charge in [0.15, 0.2) is 23.7 Å². The van der Waals surface area contributed by atoms with Crippen molar-refractivity contribution in [3.63, 3.8) is 0 Å². The number of allylic oxidation sites excluding steroid dienone is 4. The molecular weight excluding hydrogens is 563 g/mol. The lowest BCUT2D eigenvalue weighted by atomic mass is 9.44. The largest absolute Gasteiger partial charge is 0.464 e. The summed E-state index contributed by atoms with van der Waals surface area (Å²) in [5.41, 5.74) is -6.89. The number of alkyl halides is 1. The second kappa shape index (κ2) is 11.3. The van der Waals surface area contributed by atoms with E-state index in [2.05, 4.69) is 10.2 Å². The van der Waals surface area contributed by atoms with Crippen LogP contribution in [-0.2, 0) is 28.7 Å². The monoisotopic (exact) mass is 598 g/mol. The SMILES string of the molecule is C[C@]12C=CC(=O)C=C1CCC1C3C[C@@H](O)[C@](O)(C(=O)COC(=O)NCC(=O)OCCCO[N+](=O)[O-])[C@@]3(C)C[C@H](O)[C@@]12F. The first-order valence-electron chi connectivity index (χ1n) is 13.7. The third kappa shape index (κ3) is 4.96. The molecule has 4 rings (SSSR count). The molecule has 232 valence electrons. The molecule has 1 amide bonds. The van der Waals surface area contributed by atoms with Crippen LogP contribution in [0, 0.1) is 32.8 Å². The van der Waals surface area contributed by atoms with Crippen LogP contribution in [0.3, 0.4) is 0 Å². The number of rotatable bonds is 10. The van der Waals surface area contributed by atoms with Crippen molar-refractivity contribution in [1.29, 1.82) is 0 Å². The van der Waals surface area contributed by atoms with Crippen LogP contribution in [0.25, 0.3) is 0 Å². The van der Waals surface area contributed by atoms with E-state index < -0.39 is 82.2 Å². The van der Waals surface area contributed by atoms with E-state index in [0.29, 0.717) is 12.0 Å². The maximum absolute atomic E-state index is 17.1. The summed E-state index contributed by atoms with van der Waals surface area (Å²) in [4.78, 5) is 63.2. The highest BCUT2D eigenvalue weighted by molar-refractivity contribution is 6.01. The van der Waals surface area contributed by atoms with Gasteiger partial charge in [0.25, 0.3) is 5.09 Å². The van der Waals surface area contributed by atoms with Gasteiger partial charge in [-0.15, -0.1) is 10.1 Å². The summed E-state index contributed by atoms with van der Waals surface area (Å²) in [6.45, 7) is 1.02. The normalized spacial score (nSPS) is 38.3. The first kappa shape index (κ1) is 31.5. The summed E-state index contributed by atoms with van der Waals surface area (Å²) >= 11 is 0. The number of aliphatic hydroxyl groups excluding tert-OH is 2. The molecule has 0 aliphatic heterocycles. The Bertz CT molecular complexity index is 1220. The minimum Gasteiger partial charge on any atom is -0.464 e. The first-order valence-corrected chi connectivity index (χ1v) is 13.7. The number of carbonyl (C=O) groups is 4. The Morgan fingerprint density at radius 1 is 1.17 bits per heavy atom. The molecule has 14 nitrogen and oxygen atoms in total. The minimum absolute atomic E-state index is 0.0406. The van der Waals surface area contributed by atoms with Crippen LogP contribution in [0.5, 0.6) is 0 Å². The smallest absolute Gasteiger partial charge is 0.408 e. The van der Waals surface area contributed by atoms with Crippen molar-refractivity contribution >= 4 is 23.6 Å². The van der Waals surface area contributed by atoms with Crippen molar-refractivity contribution in [2.45, 2.75) is 69.4 Å². The Balaban J connectivity index is 1.39. The van der Waals surface area contributed by atoms with E-state index in [1.165, 1.54) is 25.2 Å². The summed E-state index contributed by atoms with van der Waals surface area (Å²) in [6.07, 6.45) is -0.231. The third-order valence-electron chi connectivity index (χ3n) is 9.75. The molecule has 0 bridgehead atoms. The molecule has 15 heteroatoms. The molecule has 2 unspecified atom stereocenters. The van der Waals surface area contributed by atoms with E-state index in [9.17, 15) is 44.6 Å². The number of esters is 1. The number of ketones is 2. The molecule has 0 heterocycles. The van der Waals surface area contributed by atoms with Crippen LogP contribution in [0.4, 0.5) is 9.18 Å². The lowest BCUT2D eigenvalue weighted by Crippen LogP contribution is -2.69. The fraction of sp³-hybridized carbons (Fsp3) is 0.704. The molecule has 4 aliphatic carbocycles. The number of nitrogens with zero attached hydrogens (tertiary/aromatic N) is 1. The zero-order chi connectivity index (χ0) is 31.1. The second-order valence-electron chi connectivity index (χ2n) is 11.8. The zero-order valence-electron chi connectivity index (χ0n) is 23.2. The Morgan fingerprint density at radius 3 is 2.57 bits per heavy atom. The van der Waals surface area contributed by atoms with E-state index in [-0.39, 0.29) is 44.7 Å². The van der Waals surface area contributed by atoms with Gasteiger partial charge in [0.2, 0.25) is 5.78 Å². The lowest BCUT2D eigenvalue weighted by molar-refractivity contribution is -0.757. The number of aliphatic hydroxyl groups is 3. The molecule has 3 saturated carbocycles. The average molecular weight is 599 g/mol. The molecule has 42 heavy (non-hydrogen) atoms. The Hall–Kier alpha value is -3.43. The molecule has 0 saturated heterocycles. The average Bonchev–Trinajstić information content (AvgIpc) is 3.12. The highest BCUT2D eigenvalue weighted by Gasteiger charge is 2.76. The number of ether oxygens (including phenoxy) is 2. The molecule has 3 fully saturated rings. The summed E-state index contributed by atoms with van der Waals surface area (Å²) in [5.74, 6) is -3.78. The van der Waals surface area contributed by atoms with Crippen molar-refractivity contribution in [3.8, 4) is 0 Å². The number of hydrogen-bond donors (Lipinski definition) is 4. The first-order chi connectivity index (χ1) is 19.6. The summed E-state index contributed by atoms with van der Waals surface area (Å²) in [6, 6.07) is 0. The van der Waals surface area contributed by atoms with Crippen LogP contribution in [0.2, 0.25) is 0 Å². The molecule has 0 aromatic rings. The van der Waals surface area contributed by atoms with E-state index in [0.717, 1.165) is 0 Å². The molecule has 0 radical (unpaired) electrons. The quantitative estimate of drug-likeness (QED) is 0.117. The molecule has 0 spiro atoms. The summed E-state index contributed by atoms with van der Waals surface area (Å²) < 4.78 is 26.8. The van der Waals surface area contributed by atoms with E-state index >= 15 is 4.39 Å². The van der Waals surface area contributed by atoms with Crippen LogP contribution < -0.4 is 5.32 Å². The minimum atomic E-state index is -2.47. The molecule has 4 aliphatic rings. The lowest BCUT2D eigenvalue weighted by Gasteiger charge is -2.62. The summed E-state index contributed by atoms with van der Waals surface area (Å²) in [7, 11) is 0. The number of fused-ring (bicyclic) bond motifs is 5. The van der Waals surface area contributed by atoms with Gasteiger partial charge < -0.3 is 34.9 Å². The standard InChI is InChI=1S/C27H35FN2O12/c1-24-7-6-16(31)10-15(24)4-5-17-18-11-19(32)27(37,25(18,2)12-20(33)26(17,24)28)21(34)14-41-23(36)29-13-22(35)40-8-3-9-42-30(38)39/h6-7,10,17-20,32-33,37H,3-5,8-9,11-14H2,1-2H3,(H,29,36)/t17?,18?,19-,20+,24+,25+,26+,27+/m1/s1. The van der Waals surface area contributed by atoms with Gasteiger partial charge in [0.05, 0.1) is 25.4 Å². The predicted octanol–water partition coefficient (Wildman–Crippen LogP) is 0.496. The van der Waals surface area contributed by atoms with Crippen LogP contribution in [0.15, 0.2) is 23.8 Å². The topological polar surface area (TPSA) is 212 Å². The highest BCUT2D eigenvalue weighted by Crippen LogP contribution is 2.69. The van der Waals surface area contributed by atoms with Crippen LogP contribution in [-0.4, -0.2) is 93.9 Å². The molecule has 8 atom stereocenters. The second-order valence-corrected chi connectivity index (χ2v) is 11.8. The number of hydrogen-bond acceptors (Lipinski definition) is 12. The maximum atomic E-state index is 17.1. The molecule has 0 aromatic heterocycles. The van der Waals surface area contributed by atoms with Gasteiger partial charge in [-0.25, -0.2) is 9.18 Å². The number of Topliss-reactive ketones (excluding diaryl/α,β-unsaturated/α-hetero) is 1. The number of halogens is 1. The van der Waals surface area contributed by atoms with Gasteiger partial charge in [-0.05, 0) is 50.7 Å². The van der Waals surface area contributed by atoms with Gasteiger partial charge in [-0.3, -0.25) is 14.4 Å². The van der Waals surface area contributed by atoms with Crippen LogP contribution in [0.1, 0.15) is 46.0 Å². The van der Waals surface area contributed by atoms with Crippen LogP contribution >= 0.6 is 0 Å². The van der Waals surface area contributed by atoms with Gasteiger partial charge in [-0.2, -0.15) is 0 Å². The van der Waals surface area contributed by atoms with Crippen molar-refractivity contribution in [2.75, 3.05) is 26.4 Å². The van der Waals surface area contributed by atoms with Crippen molar-refractivity contribution in [1.82, 2.24) is 5.32 Å². The Morgan fingerprint density at radius 2 is 1.88 bits per heavy atom. The molecule has 4 N–H and O–H groups in total. The Labute approximate surface area is 240 Å². The number of nitrogens with one attached hydrogen (secondary N) is 1. The van der Waals surface area contributed by atoms with Gasteiger partial charge in [-0.1, -0.05) is 18.6 Å². The molecular formula is C27H35FN2O12. The van der Waals surface area contributed by atoms with Crippen molar-refractivity contribution in [2.24, 2.45) is 22.7 Å². The fourth-order valence-corrected chi connectivity index (χ4v) is 7.60. The maximum Gasteiger partial charge on any atom is 0.408 e. The number of amides is 1. The predicted molar refractivity (Wildman–Crippen MR) is 138 cm³/mol. The fourth-order valence-electron chi connectivity index (χ4n) is 7.60.